The van der Waals surface area contributed by atoms with Crippen LogP contribution in [0.15, 0.2) is 0 Å². The number of nitrogens with two attached hydrogens (primary N) is 1. The van der Waals surface area contributed by atoms with E-state index in [1.54, 1.807) is 0 Å². The largest absolute Gasteiger partial charge is 0.392 e. The summed E-state index contributed by atoms with van der Waals surface area (Å²) in [5.41, 5.74) is 6.09. The molecule has 24 heavy (non-hydrogen) atoms. The van der Waals surface area contributed by atoms with Gasteiger partial charge in [-0.05, 0) is 38.5 Å². The van der Waals surface area contributed by atoms with Gasteiger partial charge < -0.3 is 10.8 Å². The van der Waals surface area contributed by atoms with E-state index >= 15 is 0 Å². The maximum atomic E-state index is 12.3. The quantitative estimate of drug-likeness (QED) is 0.718. The van der Waals surface area contributed by atoms with Crippen molar-refractivity contribution in [2.24, 2.45) is 11.7 Å². The van der Waals surface area contributed by atoms with Crippen LogP contribution < -0.4 is 5.73 Å². The van der Waals surface area contributed by atoms with Crippen molar-refractivity contribution in [1.82, 2.24) is 0 Å². The topological polar surface area (TPSA) is 115 Å². The van der Waals surface area contributed by atoms with Crippen molar-refractivity contribution in [3.05, 3.63) is 0 Å². The van der Waals surface area contributed by atoms with Crippen molar-refractivity contribution in [3.8, 4) is 0 Å². The van der Waals surface area contributed by atoms with Gasteiger partial charge in [-0.25, -0.2) is 16.8 Å². The molecule has 0 bridgehead atoms. The molecule has 0 unspecified atom stereocenters. The first-order valence-electron chi connectivity index (χ1n) is 8.97. The highest BCUT2D eigenvalue weighted by Crippen LogP contribution is 2.36. The van der Waals surface area contributed by atoms with Crippen molar-refractivity contribution in [2.75, 3.05) is 11.5 Å². The Morgan fingerprint density at radius 2 is 1.58 bits per heavy atom. The van der Waals surface area contributed by atoms with Crippen LogP contribution in [0.25, 0.3) is 0 Å². The van der Waals surface area contributed by atoms with Crippen molar-refractivity contribution < 1.29 is 21.9 Å². The summed E-state index contributed by atoms with van der Waals surface area (Å²) in [6.45, 7) is 1.29. The predicted octanol–water partition coefficient (Wildman–Crippen LogP) is 1.37. The van der Waals surface area contributed by atoms with Crippen LogP contribution in [0.2, 0.25) is 0 Å². The summed E-state index contributed by atoms with van der Waals surface area (Å²) >= 11 is 0. The van der Waals surface area contributed by atoms with Gasteiger partial charge in [-0.15, -0.1) is 0 Å². The Labute approximate surface area is 146 Å². The zero-order valence-electron chi connectivity index (χ0n) is 14.5. The van der Waals surface area contributed by atoms with Gasteiger partial charge in [-0.2, -0.15) is 0 Å². The molecule has 1 aliphatic carbocycles. The minimum atomic E-state index is -3.72. The van der Waals surface area contributed by atoms with E-state index in [1.165, 1.54) is 26.2 Å². The molecule has 3 N–H and O–H groups in total. The summed E-state index contributed by atoms with van der Waals surface area (Å²) in [7, 11) is -7.44. The molecular formula is C16H31NO5S2. The van der Waals surface area contributed by atoms with Crippen LogP contribution >= 0.6 is 0 Å². The van der Waals surface area contributed by atoms with Crippen LogP contribution in [-0.2, 0) is 19.7 Å². The maximum absolute atomic E-state index is 12.3. The van der Waals surface area contributed by atoms with Crippen LogP contribution in [0.4, 0.5) is 0 Å². The van der Waals surface area contributed by atoms with Crippen LogP contribution in [0, 0.1) is 5.92 Å². The van der Waals surface area contributed by atoms with Gasteiger partial charge in [-0.1, -0.05) is 32.1 Å². The molecule has 2 atom stereocenters. The molecule has 1 aliphatic heterocycles. The molecule has 142 valence electrons. The first-order chi connectivity index (χ1) is 11.1. The molecule has 0 aromatic carbocycles. The molecule has 1 heterocycles. The van der Waals surface area contributed by atoms with E-state index in [4.69, 9.17) is 5.73 Å². The zero-order chi connectivity index (χ0) is 18.0. The van der Waals surface area contributed by atoms with Crippen molar-refractivity contribution in [1.29, 1.82) is 0 Å². The molecule has 0 aromatic rings. The summed E-state index contributed by atoms with van der Waals surface area (Å²) in [6.07, 6.45) is 5.92. The molecule has 2 fully saturated rings. The zero-order valence-corrected chi connectivity index (χ0v) is 16.1. The van der Waals surface area contributed by atoms with E-state index < -0.39 is 35.9 Å². The van der Waals surface area contributed by atoms with E-state index in [0.717, 1.165) is 19.3 Å². The highest BCUT2D eigenvalue weighted by atomic mass is 32.3. The Morgan fingerprint density at radius 1 is 1.04 bits per heavy atom. The predicted molar refractivity (Wildman–Crippen MR) is 95.0 cm³/mol. The van der Waals surface area contributed by atoms with Crippen LogP contribution in [0.1, 0.15) is 64.7 Å². The number of aliphatic hydroxyl groups excluding tert-OH is 1. The van der Waals surface area contributed by atoms with Gasteiger partial charge in [0.25, 0.3) is 0 Å². The van der Waals surface area contributed by atoms with Crippen LogP contribution in [0.5, 0.6) is 0 Å². The van der Waals surface area contributed by atoms with Crippen molar-refractivity contribution >= 4 is 19.7 Å². The summed E-state index contributed by atoms with van der Waals surface area (Å²) in [6, 6.07) is -0.425. The molecular weight excluding hydrogens is 350 g/mol. The normalized spacial score (nSPS) is 29.0. The molecule has 0 aromatic heterocycles. The highest BCUT2D eigenvalue weighted by molar-refractivity contribution is 8.10. The second-order valence-corrected chi connectivity index (χ2v) is 13.0. The Bertz CT molecular complexity index is 589. The second-order valence-electron chi connectivity index (χ2n) is 7.63. The Kier molecular flexibility index (Phi) is 6.37. The molecule has 0 radical (unpaired) electrons. The fraction of sp³-hybridized carbons (Fsp3) is 1.00. The summed E-state index contributed by atoms with van der Waals surface area (Å²) in [4.78, 5) is 0. The van der Waals surface area contributed by atoms with Gasteiger partial charge in [0, 0.05) is 6.04 Å². The molecule has 2 aliphatic rings. The molecule has 6 nitrogen and oxygen atoms in total. The van der Waals surface area contributed by atoms with Gasteiger partial charge in [-0.3, -0.25) is 0 Å². The Balaban J connectivity index is 1.97. The average molecular weight is 382 g/mol. The molecule has 2 rings (SSSR count). The van der Waals surface area contributed by atoms with Gasteiger partial charge in [0.15, 0.2) is 23.8 Å². The third-order valence-corrected chi connectivity index (χ3v) is 12.1. The Hall–Kier alpha value is -0.180. The lowest BCUT2D eigenvalue weighted by molar-refractivity contribution is 0.115. The van der Waals surface area contributed by atoms with Crippen molar-refractivity contribution in [2.45, 2.75) is 80.9 Å². The third kappa shape index (κ3) is 4.14. The standard InChI is InChI=1S/C16H31NO5S2/c1-16(23(19,20)10-5-11-24(16,21)22)9-8-15(18)14(17)12-13-6-3-2-4-7-13/h13-15,18H,2-12,17H2,1H3/t14-,15-/m0/s1. The minimum Gasteiger partial charge on any atom is -0.392 e. The average Bonchev–Trinajstić information content (AvgIpc) is 2.51. The fourth-order valence-electron chi connectivity index (χ4n) is 3.96. The van der Waals surface area contributed by atoms with Gasteiger partial charge in [0.1, 0.15) is 0 Å². The monoisotopic (exact) mass is 381 g/mol. The lowest BCUT2D eigenvalue weighted by atomic mass is 9.83. The van der Waals surface area contributed by atoms with Crippen LogP contribution in [-0.4, -0.2) is 49.7 Å². The molecule has 0 amide bonds. The lowest BCUT2D eigenvalue weighted by Crippen LogP contribution is -2.50. The number of sulfone groups is 2. The van der Waals surface area contributed by atoms with E-state index in [2.05, 4.69) is 0 Å². The molecule has 1 saturated carbocycles. The first-order valence-corrected chi connectivity index (χ1v) is 12.3. The summed E-state index contributed by atoms with van der Waals surface area (Å²) in [5.74, 6) is 0.307. The van der Waals surface area contributed by atoms with E-state index in [1.807, 2.05) is 0 Å². The van der Waals surface area contributed by atoms with Gasteiger partial charge in [0.05, 0.1) is 17.6 Å². The highest BCUT2D eigenvalue weighted by Gasteiger charge is 2.52. The van der Waals surface area contributed by atoms with E-state index in [9.17, 15) is 21.9 Å². The number of hydrogen-bond donors (Lipinski definition) is 2. The molecule has 8 heteroatoms. The second kappa shape index (κ2) is 7.60. The Morgan fingerprint density at radius 3 is 2.12 bits per heavy atom. The summed E-state index contributed by atoms with van der Waals surface area (Å²) < 4.78 is 47.5. The SMILES string of the molecule is CC1(CC[C@H](O)[C@@H](N)CC2CCCCC2)S(=O)(=O)CCCS1(=O)=O. The lowest BCUT2D eigenvalue weighted by Gasteiger charge is -2.34. The summed E-state index contributed by atoms with van der Waals surface area (Å²) in [5, 5.41) is 10.3. The fourth-order valence-corrected chi connectivity index (χ4v) is 8.96. The molecule has 0 spiro atoms. The molecule has 1 saturated heterocycles. The smallest absolute Gasteiger partial charge is 0.170 e. The van der Waals surface area contributed by atoms with Gasteiger partial charge in [0.2, 0.25) is 0 Å². The van der Waals surface area contributed by atoms with E-state index in [-0.39, 0.29) is 30.8 Å². The number of hydrogen-bond acceptors (Lipinski definition) is 6. The maximum Gasteiger partial charge on any atom is 0.170 e. The van der Waals surface area contributed by atoms with Gasteiger partial charge >= 0.3 is 0 Å². The van der Waals surface area contributed by atoms with Crippen LogP contribution in [0.3, 0.4) is 0 Å². The first kappa shape index (κ1) is 20.1. The van der Waals surface area contributed by atoms with Crippen molar-refractivity contribution in [3.63, 3.8) is 0 Å². The number of aliphatic hydroxyl groups is 1. The number of rotatable bonds is 6. The minimum absolute atomic E-state index is 0.0861. The third-order valence-electron chi connectivity index (χ3n) is 5.86. The van der Waals surface area contributed by atoms with E-state index in [0.29, 0.717) is 5.92 Å².